The zero-order valence-corrected chi connectivity index (χ0v) is 17.3. The number of rotatable bonds is 4. The van der Waals surface area contributed by atoms with Crippen LogP contribution in [0.25, 0.3) is 11.3 Å². The molecule has 2 aromatic rings. The van der Waals surface area contributed by atoms with Crippen molar-refractivity contribution < 1.29 is 9.53 Å². The molecular formula is C22H29N5O2. The number of hydrogen-bond acceptors (Lipinski definition) is 6. The summed E-state index contributed by atoms with van der Waals surface area (Å²) in [6.07, 6.45) is 1.96. The van der Waals surface area contributed by atoms with Gasteiger partial charge in [0.05, 0.1) is 18.7 Å². The zero-order chi connectivity index (χ0) is 20.2. The minimum Gasteiger partial charge on any atom is -0.497 e. The quantitative estimate of drug-likeness (QED) is 0.791. The van der Waals surface area contributed by atoms with Gasteiger partial charge in [0.2, 0.25) is 5.91 Å². The fraction of sp³-hybridized carbons (Fsp3) is 0.500. The third-order valence-electron chi connectivity index (χ3n) is 5.95. The van der Waals surface area contributed by atoms with E-state index >= 15 is 0 Å². The molecule has 7 heteroatoms. The first kappa shape index (κ1) is 19.6. The van der Waals surface area contributed by atoms with Gasteiger partial charge in [0.25, 0.3) is 0 Å². The Morgan fingerprint density at radius 1 is 1.00 bits per heavy atom. The van der Waals surface area contributed by atoms with Gasteiger partial charge < -0.3 is 19.4 Å². The second kappa shape index (κ2) is 8.78. The first-order valence-corrected chi connectivity index (χ1v) is 10.3. The molecule has 0 saturated carbocycles. The summed E-state index contributed by atoms with van der Waals surface area (Å²) in [6.45, 7) is 5.23. The largest absolute Gasteiger partial charge is 0.497 e. The summed E-state index contributed by atoms with van der Waals surface area (Å²) in [6, 6.07) is 11.8. The van der Waals surface area contributed by atoms with Gasteiger partial charge in [-0.05, 0) is 56.3 Å². The molecule has 0 bridgehead atoms. The van der Waals surface area contributed by atoms with E-state index in [0.29, 0.717) is 5.91 Å². The lowest BCUT2D eigenvalue weighted by molar-refractivity contribution is -0.137. The standard InChI is InChI=1S/C22H29N5O2/c1-25-12-14-26(15-13-25)22(28)18-4-3-11-27(16-18)21-10-9-20(23-24-21)17-5-7-19(29-2)8-6-17/h5-10,18H,3-4,11-16H2,1-2H3/t18-/m1/s1. The maximum atomic E-state index is 13.0. The van der Waals surface area contributed by atoms with E-state index in [2.05, 4.69) is 27.0 Å². The number of nitrogens with zero attached hydrogens (tertiary/aromatic N) is 5. The van der Waals surface area contributed by atoms with Gasteiger partial charge in [0.1, 0.15) is 5.75 Å². The number of anilines is 1. The minimum absolute atomic E-state index is 0.0511. The number of aromatic nitrogens is 2. The predicted molar refractivity (Wildman–Crippen MR) is 113 cm³/mol. The molecule has 0 spiro atoms. The Labute approximate surface area is 172 Å². The van der Waals surface area contributed by atoms with Crippen LogP contribution in [0.2, 0.25) is 0 Å². The van der Waals surface area contributed by atoms with Gasteiger partial charge in [-0.2, -0.15) is 0 Å². The van der Waals surface area contributed by atoms with Gasteiger partial charge in [0, 0.05) is 44.8 Å². The monoisotopic (exact) mass is 395 g/mol. The Kier molecular flexibility index (Phi) is 5.94. The summed E-state index contributed by atoms with van der Waals surface area (Å²) >= 11 is 0. The molecule has 29 heavy (non-hydrogen) atoms. The number of methoxy groups -OCH3 is 1. The smallest absolute Gasteiger partial charge is 0.227 e. The predicted octanol–water partition coefficient (Wildman–Crippen LogP) is 2.14. The van der Waals surface area contributed by atoms with Crippen molar-refractivity contribution in [2.24, 2.45) is 5.92 Å². The summed E-state index contributed by atoms with van der Waals surface area (Å²) in [5.41, 5.74) is 1.84. The molecule has 4 rings (SSSR count). The van der Waals surface area contributed by atoms with Crippen molar-refractivity contribution in [1.82, 2.24) is 20.0 Å². The molecule has 0 radical (unpaired) electrons. The summed E-state index contributed by atoms with van der Waals surface area (Å²) in [5.74, 6) is 2.02. The van der Waals surface area contributed by atoms with Crippen LogP contribution in [0.3, 0.4) is 0 Å². The summed E-state index contributed by atoms with van der Waals surface area (Å²) in [5, 5.41) is 8.87. The molecule has 2 saturated heterocycles. The number of likely N-dealkylation sites (N-methyl/N-ethyl adjacent to an activating group) is 1. The van der Waals surface area contributed by atoms with Crippen molar-refractivity contribution >= 4 is 11.7 Å². The lowest BCUT2D eigenvalue weighted by Gasteiger charge is -2.38. The van der Waals surface area contributed by atoms with Gasteiger partial charge in [-0.25, -0.2) is 0 Å². The van der Waals surface area contributed by atoms with Gasteiger partial charge in [-0.3, -0.25) is 4.79 Å². The lowest BCUT2D eigenvalue weighted by Crippen LogP contribution is -2.51. The Hall–Kier alpha value is -2.67. The van der Waals surface area contributed by atoms with Gasteiger partial charge in [-0.1, -0.05) is 0 Å². The Balaban J connectivity index is 1.40. The SMILES string of the molecule is COc1ccc(-c2ccc(N3CCC[C@@H](C(=O)N4CCN(C)CC4)C3)nn2)cc1. The number of piperazine rings is 1. The van der Waals surface area contributed by atoms with Crippen LogP contribution in [0.15, 0.2) is 36.4 Å². The number of ether oxygens (including phenoxy) is 1. The fourth-order valence-electron chi connectivity index (χ4n) is 4.08. The average molecular weight is 396 g/mol. The molecule has 2 aliphatic heterocycles. The Bertz CT molecular complexity index is 816. The molecule has 0 N–H and O–H groups in total. The molecule has 3 heterocycles. The van der Waals surface area contributed by atoms with Crippen molar-refractivity contribution in [2.75, 3.05) is 58.3 Å². The minimum atomic E-state index is 0.0511. The molecular weight excluding hydrogens is 366 g/mol. The van der Waals surface area contributed by atoms with Crippen LogP contribution in [0.5, 0.6) is 5.75 Å². The maximum Gasteiger partial charge on any atom is 0.227 e. The maximum absolute atomic E-state index is 13.0. The van der Waals surface area contributed by atoms with Crippen molar-refractivity contribution in [3.63, 3.8) is 0 Å². The summed E-state index contributed by atoms with van der Waals surface area (Å²) < 4.78 is 5.21. The van der Waals surface area contributed by atoms with Crippen molar-refractivity contribution in [1.29, 1.82) is 0 Å². The zero-order valence-electron chi connectivity index (χ0n) is 17.3. The van der Waals surface area contributed by atoms with Gasteiger partial charge in [-0.15, -0.1) is 10.2 Å². The second-order valence-corrected chi connectivity index (χ2v) is 7.92. The summed E-state index contributed by atoms with van der Waals surface area (Å²) in [7, 11) is 3.77. The van der Waals surface area contributed by atoms with Crippen LogP contribution < -0.4 is 9.64 Å². The molecule has 1 amide bonds. The van der Waals surface area contributed by atoms with Crippen molar-refractivity contribution in [3.8, 4) is 17.0 Å². The van der Waals surface area contributed by atoms with E-state index < -0.39 is 0 Å². The topological polar surface area (TPSA) is 61.8 Å². The van der Waals surface area contributed by atoms with E-state index in [1.54, 1.807) is 7.11 Å². The molecule has 0 unspecified atom stereocenters. The lowest BCUT2D eigenvalue weighted by atomic mass is 9.96. The highest BCUT2D eigenvalue weighted by Gasteiger charge is 2.31. The average Bonchev–Trinajstić information content (AvgIpc) is 2.79. The van der Waals surface area contributed by atoms with E-state index in [0.717, 1.165) is 74.9 Å². The van der Waals surface area contributed by atoms with Gasteiger partial charge >= 0.3 is 0 Å². The number of carbonyl (C=O) groups is 1. The number of carbonyl (C=O) groups excluding carboxylic acids is 1. The van der Waals surface area contributed by atoms with Crippen LogP contribution in [0.4, 0.5) is 5.82 Å². The molecule has 7 nitrogen and oxygen atoms in total. The first-order chi connectivity index (χ1) is 14.1. The molecule has 1 aromatic carbocycles. The number of amides is 1. The van der Waals surface area contributed by atoms with Crippen molar-refractivity contribution in [3.05, 3.63) is 36.4 Å². The molecule has 154 valence electrons. The molecule has 2 aliphatic rings. The van der Waals surface area contributed by atoms with Gasteiger partial charge in [0.15, 0.2) is 5.82 Å². The van der Waals surface area contributed by atoms with E-state index in [-0.39, 0.29) is 5.92 Å². The second-order valence-electron chi connectivity index (χ2n) is 7.92. The normalized spacial score (nSPS) is 20.6. The van der Waals surface area contributed by atoms with E-state index in [4.69, 9.17) is 4.74 Å². The van der Waals surface area contributed by atoms with Crippen molar-refractivity contribution in [2.45, 2.75) is 12.8 Å². The highest BCUT2D eigenvalue weighted by atomic mass is 16.5. The van der Waals surface area contributed by atoms with E-state index in [9.17, 15) is 4.79 Å². The highest BCUT2D eigenvalue weighted by Crippen LogP contribution is 2.25. The van der Waals surface area contributed by atoms with Crippen LogP contribution in [0, 0.1) is 5.92 Å². The van der Waals surface area contributed by atoms with Crippen LogP contribution in [-0.4, -0.2) is 79.3 Å². The van der Waals surface area contributed by atoms with Crippen LogP contribution >= 0.6 is 0 Å². The fourth-order valence-corrected chi connectivity index (χ4v) is 4.08. The number of hydrogen-bond donors (Lipinski definition) is 0. The Morgan fingerprint density at radius 2 is 1.76 bits per heavy atom. The summed E-state index contributed by atoms with van der Waals surface area (Å²) in [4.78, 5) is 19.5. The van der Waals surface area contributed by atoms with Crippen LogP contribution in [-0.2, 0) is 4.79 Å². The Morgan fingerprint density at radius 3 is 2.41 bits per heavy atom. The van der Waals surface area contributed by atoms with Crippen LogP contribution in [0.1, 0.15) is 12.8 Å². The third kappa shape index (κ3) is 4.50. The first-order valence-electron chi connectivity index (χ1n) is 10.3. The molecule has 2 fully saturated rings. The third-order valence-corrected chi connectivity index (χ3v) is 5.95. The highest BCUT2D eigenvalue weighted by molar-refractivity contribution is 5.80. The number of benzene rings is 1. The molecule has 1 aromatic heterocycles. The van der Waals surface area contributed by atoms with E-state index in [1.165, 1.54) is 0 Å². The molecule has 0 aliphatic carbocycles. The number of piperidine rings is 1. The van der Waals surface area contributed by atoms with E-state index in [1.807, 2.05) is 41.3 Å². The molecule has 1 atom stereocenters.